The van der Waals surface area contributed by atoms with E-state index in [1.165, 1.54) is 18.2 Å². The molecule has 1 aromatic carbocycles. The highest BCUT2D eigenvalue weighted by Crippen LogP contribution is 2.32. The molecule has 0 bridgehead atoms. The van der Waals surface area contributed by atoms with Gasteiger partial charge in [0, 0.05) is 17.7 Å². The lowest BCUT2D eigenvalue weighted by Crippen LogP contribution is -2.19. The Balaban J connectivity index is 2.34. The van der Waals surface area contributed by atoms with Gasteiger partial charge in [-0.05, 0) is 18.2 Å². The fraction of sp³-hybridized carbons (Fsp3) is 0.214. The van der Waals surface area contributed by atoms with Crippen molar-refractivity contribution < 1.29 is 31.1 Å². The van der Waals surface area contributed by atoms with E-state index < -0.39 is 23.9 Å². The molecule has 0 atom stereocenters. The highest BCUT2D eigenvalue weighted by Gasteiger charge is 2.32. The lowest BCUT2D eigenvalue weighted by Gasteiger charge is -2.13. The Morgan fingerprint density at radius 3 is 2.09 bits per heavy atom. The van der Waals surface area contributed by atoms with Crippen LogP contribution in [0, 0.1) is 0 Å². The first-order valence-electron chi connectivity index (χ1n) is 6.22. The summed E-state index contributed by atoms with van der Waals surface area (Å²) in [5.41, 5.74) is 5.07. The number of alkyl halides is 6. The molecule has 1 aromatic heterocycles. The molecule has 2 rings (SSSR count). The van der Waals surface area contributed by atoms with Crippen molar-refractivity contribution in [3.8, 4) is 17.0 Å². The summed E-state index contributed by atoms with van der Waals surface area (Å²) in [7, 11) is 0. The number of ether oxygens (including phenoxy) is 1. The van der Waals surface area contributed by atoms with Crippen LogP contribution in [-0.4, -0.2) is 11.3 Å². The summed E-state index contributed by atoms with van der Waals surface area (Å²) in [4.78, 5) is 3.77. The molecule has 0 amide bonds. The van der Waals surface area contributed by atoms with Crippen LogP contribution in [0.1, 0.15) is 11.1 Å². The summed E-state index contributed by atoms with van der Waals surface area (Å²) in [6.45, 7) is -0.248. The topological polar surface area (TPSA) is 48.1 Å². The smallest absolute Gasteiger partial charge is 0.404 e. The third kappa shape index (κ3) is 4.35. The maximum Gasteiger partial charge on any atom is 0.573 e. The molecular weight excluding hydrogens is 326 g/mol. The molecule has 23 heavy (non-hydrogen) atoms. The van der Waals surface area contributed by atoms with Crippen LogP contribution in [0.25, 0.3) is 11.3 Å². The Hall–Kier alpha value is -2.29. The van der Waals surface area contributed by atoms with Gasteiger partial charge in [0.05, 0.1) is 17.5 Å². The molecule has 0 saturated carbocycles. The molecule has 0 unspecified atom stereocenters. The Kier molecular flexibility index (Phi) is 4.51. The molecule has 0 aliphatic carbocycles. The Bertz CT molecular complexity index is 679. The number of halogens is 6. The zero-order valence-corrected chi connectivity index (χ0v) is 11.4. The van der Waals surface area contributed by atoms with E-state index in [0.717, 1.165) is 18.3 Å². The van der Waals surface area contributed by atoms with Crippen LogP contribution in [0.3, 0.4) is 0 Å². The van der Waals surface area contributed by atoms with Gasteiger partial charge in [0.15, 0.2) is 5.75 Å². The SMILES string of the molecule is NCc1cc(-c2ccc(C(F)(F)F)cc2)ncc1OC(F)(F)F. The maximum atomic E-state index is 12.5. The van der Waals surface area contributed by atoms with E-state index in [4.69, 9.17) is 5.73 Å². The number of hydrogen-bond acceptors (Lipinski definition) is 3. The second-order valence-corrected chi connectivity index (χ2v) is 4.50. The molecule has 2 N–H and O–H groups in total. The molecule has 1 heterocycles. The fourth-order valence-corrected chi connectivity index (χ4v) is 1.85. The minimum atomic E-state index is -4.89. The first-order chi connectivity index (χ1) is 10.6. The van der Waals surface area contributed by atoms with Gasteiger partial charge in [0.2, 0.25) is 0 Å². The van der Waals surface area contributed by atoms with E-state index in [2.05, 4.69) is 9.72 Å². The summed E-state index contributed by atoms with van der Waals surface area (Å²) >= 11 is 0. The van der Waals surface area contributed by atoms with E-state index in [9.17, 15) is 26.3 Å². The van der Waals surface area contributed by atoms with Gasteiger partial charge in [0.1, 0.15) is 0 Å². The van der Waals surface area contributed by atoms with Crippen molar-refractivity contribution in [3.63, 3.8) is 0 Å². The molecule has 2 aromatic rings. The van der Waals surface area contributed by atoms with E-state index in [1.54, 1.807) is 0 Å². The van der Waals surface area contributed by atoms with Crippen molar-refractivity contribution >= 4 is 0 Å². The molecule has 0 radical (unpaired) electrons. The largest absolute Gasteiger partial charge is 0.573 e. The van der Waals surface area contributed by atoms with Crippen LogP contribution in [0.15, 0.2) is 36.5 Å². The van der Waals surface area contributed by atoms with E-state index in [1.807, 2.05) is 0 Å². The monoisotopic (exact) mass is 336 g/mol. The summed E-state index contributed by atoms with van der Waals surface area (Å²) in [6.07, 6.45) is -8.52. The molecule has 0 aliphatic heterocycles. The normalized spacial score (nSPS) is 12.3. The lowest BCUT2D eigenvalue weighted by atomic mass is 10.1. The summed E-state index contributed by atoms with van der Waals surface area (Å²) in [6, 6.07) is 5.31. The molecule has 3 nitrogen and oxygen atoms in total. The predicted octanol–water partition coefficient (Wildman–Crippen LogP) is 4.12. The van der Waals surface area contributed by atoms with Crippen LogP contribution in [0.2, 0.25) is 0 Å². The summed E-state index contributed by atoms with van der Waals surface area (Å²) in [5, 5.41) is 0. The highest BCUT2D eigenvalue weighted by atomic mass is 19.4. The minimum Gasteiger partial charge on any atom is -0.404 e. The van der Waals surface area contributed by atoms with Crippen molar-refractivity contribution in [2.45, 2.75) is 19.1 Å². The lowest BCUT2D eigenvalue weighted by molar-refractivity contribution is -0.275. The van der Waals surface area contributed by atoms with Crippen LogP contribution < -0.4 is 10.5 Å². The van der Waals surface area contributed by atoms with Gasteiger partial charge in [-0.1, -0.05) is 12.1 Å². The summed E-state index contributed by atoms with van der Waals surface area (Å²) < 4.78 is 78.0. The van der Waals surface area contributed by atoms with Gasteiger partial charge < -0.3 is 10.5 Å². The van der Waals surface area contributed by atoms with Crippen LogP contribution in [0.5, 0.6) is 5.75 Å². The number of pyridine rings is 1. The predicted molar refractivity (Wildman–Crippen MR) is 69.2 cm³/mol. The number of rotatable bonds is 3. The zero-order chi connectivity index (χ0) is 17.3. The number of nitrogens with two attached hydrogens (primary N) is 1. The van der Waals surface area contributed by atoms with Crippen molar-refractivity contribution in [2.75, 3.05) is 0 Å². The van der Waals surface area contributed by atoms with E-state index in [0.29, 0.717) is 5.56 Å². The van der Waals surface area contributed by atoms with Crippen LogP contribution >= 0.6 is 0 Å². The minimum absolute atomic E-state index is 0.0345. The van der Waals surface area contributed by atoms with Gasteiger partial charge in [-0.2, -0.15) is 13.2 Å². The first kappa shape index (κ1) is 17.1. The number of nitrogens with zero attached hydrogens (tertiary/aromatic N) is 1. The van der Waals surface area contributed by atoms with Gasteiger partial charge >= 0.3 is 12.5 Å². The number of hydrogen-bond donors (Lipinski definition) is 1. The van der Waals surface area contributed by atoms with E-state index in [-0.39, 0.29) is 17.8 Å². The average Bonchev–Trinajstić information content (AvgIpc) is 2.45. The third-order valence-electron chi connectivity index (χ3n) is 2.90. The van der Waals surface area contributed by atoms with E-state index >= 15 is 0 Å². The summed E-state index contributed by atoms with van der Waals surface area (Å²) in [5.74, 6) is -0.546. The molecule has 0 aliphatic rings. The van der Waals surface area contributed by atoms with Gasteiger partial charge in [-0.15, -0.1) is 13.2 Å². The third-order valence-corrected chi connectivity index (χ3v) is 2.90. The fourth-order valence-electron chi connectivity index (χ4n) is 1.85. The average molecular weight is 336 g/mol. The second-order valence-electron chi connectivity index (χ2n) is 4.50. The standard InChI is InChI=1S/C14H10F6N2O/c15-13(16,17)10-3-1-8(2-4-10)11-5-9(6-21)12(7-22-11)23-14(18,19)20/h1-5,7H,6,21H2. The van der Waals surface area contributed by atoms with Crippen LogP contribution in [0.4, 0.5) is 26.3 Å². The Morgan fingerprint density at radius 2 is 1.61 bits per heavy atom. The first-order valence-corrected chi connectivity index (χ1v) is 6.22. The quantitative estimate of drug-likeness (QED) is 0.858. The number of aromatic nitrogens is 1. The molecule has 124 valence electrons. The Morgan fingerprint density at radius 1 is 1.00 bits per heavy atom. The van der Waals surface area contributed by atoms with Crippen molar-refractivity contribution in [3.05, 3.63) is 47.7 Å². The van der Waals surface area contributed by atoms with Crippen molar-refractivity contribution in [1.82, 2.24) is 4.98 Å². The van der Waals surface area contributed by atoms with Crippen molar-refractivity contribution in [1.29, 1.82) is 0 Å². The molecule has 0 fully saturated rings. The molecule has 0 spiro atoms. The van der Waals surface area contributed by atoms with Crippen LogP contribution in [-0.2, 0) is 12.7 Å². The molecular formula is C14H10F6N2O. The van der Waals surface area contributed by atoms with Gasteiger partial charge in [-0.25, -0.2) is 0 Å². The zero-order valence-electron chi connectivity index (χ0n) is 11.4. The maximum absolute atomic E-state index is 12.5. The molecule has 9 heteroatoms. The van der Waals surface area contributed by atoms with Gasteiger partial charge in [-0.3, -0.25) is 4.98 Å². The number of benzene rings is 1. The highest BCUT2D eigenvalue weighted by molar-refractivity contribution is 5.61. The molecule has 0 saturated heterocycles. The van der Waals surface area contributed by atoms with Gasteiger partial charge in [0.25, 0.3) is 0 Å². The second kappa shape index (κ2) is 6.07. The van der Waals surface area contributed by atoms with Crippen molar-refractivity contribution in [2.24, 2.45) is 5.73 Å². The Labute approximate surface area is 126 Å².